The number of halogens is 4. The van der Waals surface area contributed by atoms with E-state index in [2.05, 4.69) is 15.6 Å². The lowest BCUT2D eigenvalue weighted by atomic mass is 10.1. The van der Waals surface area contributed by atoms with Crippen LogP contribution in [0.1, 0.15) is 23.6 Å². The molecule has 3 N–H and O–H groups in total. The number of phenols is 1. The first-order valence-electron chi connectivity index (χ1n) is 8.86. The standard InChI is InChI=1S/C20H24F3N3O2.HI/c1-3-24-19(25-11-15-5-8-17(27)9-6-15)26-12-16-7-4-14(2)10-18(16)28-13-20(21,22)23;/h4-10,27H,3,11-13H2,1-2H3,(H2,24,25,26);1H. The molecule has 9 heteroatoms. The van der Waals surface area contributed by atoms with Gasteiger partial charge < -0.3 is 20.5 Å². The van der Waals surface area contributed by atoms with Crippen molar-refractivity contribution in [2.45, 2.75) is 33.1 Å². The largest absolute Gasteiger partial charge is 0.508 e. The molecule has 0 aliphatic rings. The number of aliphatic imine (C=N–C) groups is 1. The number of aryl methyl sites for hydroxylation is 1. The number of guanidine groups is 1. The maximum Gasteiger partial charge on any atom is 0.422 e. The Morgan fingerprint density at radius 1 is 1.10 bits per heavy atom. The van der Waals surface area contributed by atoms with Gasteiger partial charge in [-0.15, -0.1) is 24.0 Å². The number of hydrogen-bond acceptors (Lipinski definition) is 3. The van der Waals surface area contributed by atoms with Crippen molar-refractivity contribution in [3.05, 3.63) is 59.2 Å². The van der Waals surface area contributed by atoms with E-state index < -0.39 is 12.8 Å². The van der Waals surface area contributed by atoms with E-state index in [1.165, 1.54) is 0 Å². The van der Waals surface area contributed by atoms with Gasteiger partial charge in [0.05, 0.1) is 6.54 Å². The molecule has 0 fully saturated rings. The molecule has 0 saturated heterocycles. The average molecular weight is 523 g/mol. The Morgan fingerprint density at radius 3 is 2.41 bits per heavy atom. The monoisotopic (exact) mass is 523 g/mol. The van der Waals surface area contributed by atoms with Gasteiger partial charge in [0, 0.05) is 18.7 Å². The number of hydrogen-bond donors (Lipinski definition) is 3. The highest BCUT2D eigenvalue weighted by Gasteiger charge is 2.28. The van der Waals surface area contributed by atoms with Crippen LogP contribution in [0.5, 0.6) is 11.5 Å². The number of alkyl halides is 3. The Bertz CT molecular complexity index is 797. The molecule has 29 heavy (non-hydrogen) atoms. The highest BCUT2D eigenvalue weighted by atomic mass is 127. The highest BCUT2D eigenvalue weighted by Crippen LogP contribution is 2.23. The first-order chi connectivity index (χ1) is 13.3. The van der Waals surface area contributed by atoms with Crippen molar-refractivity contribution in [1.82, 2.24) is 10.6 Å². The first-order valence-corrected chi connectivity index (χ1v) is 8.86. The first kappa shape index (κ1) is 24.9. The molecular formula is C20H25F3IN3O2. The van der Waals surface area contributed by atoms with Crippen LogP contribution in [0, 0.1) is 6.92 Å². The number of nitrogens with one attached hydrogen (secondary N) is 2. The summed E-state index contributed by atoms with van der Waals surface area (Å²) in [6.45, 7) is 3.66. The van der Waals surface area contributed by atoms with Crippen LogP contribution in [0.3, 0.4) is 0 Å². The van der Waals surface area contributed by atoms with Crippen molar-refractivity contribution in [3.63, 3.8) is 0 Å². The van der Waals surface area contributed by atoms with E-state index in [-0.39, 0.29) is 42.0 Å². The van der Waals surface area contributed by atoms with Gasteiger partial charge in [0.15, 0.2) is 12.6 Å². The Labute approximate surface area is 185 Å². The summed E-state index contributed by atoms with van der Waals surface area (Å²) >= 11 is 0. The molecule has 5 nitrogen and oxygen atoms in total. The Morgan fingerprint density at radius 2 is 1.79 bits per heavy atom. The lowest BCUT2D eigenvalue weighted by Crippen LogP contribution is -2.37. The van der Waals surface area contributed by atoms with Crippen LogP contribution in [-0.2, 0) is 13.1 Å². The molecule has 2 aromatic rings. The summed E-state index contributed by atoms with van der Waals surface area (Å²) in [5.41, 5.74) is 2.33. The van der Waals surface area contributed by atoms with Gasteiger partial charge in [-0.2, -0.15) is 13.2 Å². The molecule has 0 aliphatic carbocycles. The van der Waals surface area contributed by atoms with E-state index in [4.69, 9.17) is 4.74 Å². The SMILES string of the molecule is CCNC(=NCc1ccc(O)cc1)NCc1ccc(C)cc1OCC(F)(F)F.I. The van der Waals surface area contributed by atoms with Crippen molar-refractivity contribution < 1.29 is 23.0 Å². The smallest absolute Gasteiger partial charge is 0.422 e. The Hall–Kier alpha value is -2.17. The zero-order valence-electron chi connectivity index (χ0n) is 16.2. The number of nitrogens with zero attached hydrogens (tertiary/aromatic N) is 1. The summed E-state index contributed by atoms with van der Waals surface area (Å²) in [5, 5.41) is 15.5. The second-order valence-corrected chi connectivity index (χ2v) is 6.23. The summed E-state index contributed by atoms with van der Waals surface area (Å²) in [6.07, 6.45) is -4.39. The van der Waals surface area contributed by atoms with Crippen molar-refractivity contribution in [2.24, 2.45) is 4.99 Å². The average Bonchev–Trinajstić information content (AvgIpc) is 2.64. The number of aromatic hydroxyl groups is 1. The minimum absolute atomic E-state index is 0. The van der Waals surface area contributed by atoms with Crippen LogP contribution in [0.2, 0.25) is 0 Å². The molecular weight excluding hydrogens is 498 g/mol. The fourth-order valence-corrected chi connectivity index (χ4v) is 2.39. The van der Waals surface area contributed by atoms with Gasteiger partial charge in [0.1, 0.15) is 11.5 Å². The predicted molar refractivity (Wildman–Crippen MR) is 118 cm³/mol. The number of benzene rings is 2. The summed E-state index contributed by atoms with van der Waals surface area (Å²) in [4.78, 5) is 4.45. The van der Waals surface area contributed by atoms with E-state index >= 15 is 0 Å². The molecule has 0 aliphatic heterocycles. The molecule has 2 aromatic carbocycles. The topological polar surface area (TPSA) is 65.9 Å². The Balaban J connectivity index is 0.00000420. The normalized spacial score (nSPS) is 11.6. The van der Waals surface area contributed by atoms with Gasteiger partial charge in [0.2, 0.25) is 0 Å². The lowest BCUT2D eigenvalue weighted by molar-refractivity contribution is -0.153. The highest BCUT2D eigenvalue weighted by molar-refractivity contribution is 14.0. The van der Waals surface area contributed by atoms with Crippen molar-refractivity contribution >= 4 is 29.9 Å². The van der Waals surface area contributed by atoms with Crippen molar-refractivity contribution in [3.8, 4) is 11.5 Å². The summed E-state index contributed by atoms with van der Waals surface area (Å²) in [5.74, 6) is 0.903. The van der Waals surface area contributed by atoms with Crippen LogP contribution < -0.4 is 15.4 Å². The van der Waals surface area contributed by atoms with Crippen LogP contribution >= 0.6 is 24.0 Å². The van der Waals surface area contributed by atoms with Gasteiger partial charge >= 0.3 is 6.18 Å². The van der Waals surface area contributed by atoms with E-state index in [0.717, 1.165) is 11.1 Å². The zero-order chi connectivity index (χ0) is 20.6. The third-order valence-electron chi connectivity index (χ3n) is 3.76. The van der Waals surface area contributed by atoms with Gasteiger partial charge in [-0.05, 0) is 43.2 Å². The molecule has 0 aromatic heterocycles. The van der Waals surface area contributed by atoms with Gasteiger partial charge in [-0.1, -0.05) is 24.3 Å². The third kappa shape index (κ3) is 9.25. The maximum absolute atomic E-state index is 12.5. The van der Waals surface area contributed by atoms with Crippen molar-refractivity contribution in [2.75, 3.05) is 13.2 Å². The zero-order valence-corrected chi connectivity index (χ0v) is 18.5. The lowest BCUT2D eigenvalue weighted by Gasteiger charge is -2.16. The van der Waals surface area contributed by atoms with Crippen molar-refractivity contribution in [1.29, 1.82) is 0 Å². The fourth-order valence-electron chi connectivity index (χ4n) is 2.39. The molecule has 0 saturated carbocycles. The molecule has 0 heterocycles. The van der Waals surface area contributed by atoms with Crippen LogP contribution in [0.15, 0.2) is 47.5 Å². The number of rotatable bonds is 7. The van der Waals surface area contributed by atoms with Gasteiger partial charge in [-0.25, -0.2) is 4.99 Å². The summed E-state index contributed by atoms with van der Waals surface area (Å²) in [6, 6.07) is 11.8. The van der Waals surface area contributed by atoms with E-state index in [1.807, 2.05) is 13.0 Å². The van der Waals surface area contributed by atoms with E-state index in [0.29, 0.717) is 24.6 Å². The quantitative estimate of drug-likeness (QED) is 0.284. The predicted octanol–water partition coefficient (Wildman–Crippen LogP) is 4.52. The molecule has 0 radical (unpaired) electrons. The molecule has 0 unspecified atom stereocenters. The minimum atomic E-state index is -4.39. The number of phenolic OH excluding ortho intramolecular Hbond substituents is 1. The number of ether oxygens (including phenoxy) is 1. The van der Waals surface area contributed by atoms with Crippen LogP contribution in [0.25, 0.3) is 0 Å². The minimum Gasteiger partial charge on any atom is -0.508 e. The molecule has 160 valence electrons. The maximum atomic E-state index is 12.5. The molecule has 0 amide bonds. The molecule has 0 atom stereocenters. The third-order valence-corrected chi connectivity index (χ3v) is 3.76. The summed E-state index contributed by atoms with van der Waals surface area (Å²) < 4.78 is 42.4. The van der Waals surface area contributed by atoms with Gasteiger partial charge in [-0.3, -0.25) is 0 Å². The van der Waals surface area contributed by atoms with Crippen LogP contribution in [0.4, 0.5) is 13.2 Å². The van der Waals surface area contributed by atoms with Gasteiger partial charge in [0.25, 0.3) is 0 Å². The molecule has 2 rings (SSSR count). The molecule has 0 bridgehead atoms. The Kier molecular flexibility index (Phi) is 10.1. The fraction of sp³-hybridized carbons (Fsp3) is 0.350. The second-order valence-electron chi connectivity index (χ2n) is 6.23. The molecule has 0 spiro atoms. The summed E-state index contributed by atoms with van der Waals surface area (Å²) in [7, 11) is 0. The second kappa shape index (κ2) is 11.7. The van der Waals surface area contributed by atoms with Crippen LogP contribution in [-0.4, -0.2) is 30.4 Å². The van der Waals surface area contributed by atoms with E-state index in [1.54, 1.807) is 43.3 Å². The van der Waals surface area contributed by atoms with E-state index in [9.17, 15) is 18.3 Å².